The van der Waals surface area contributed by atoms with E-state index in [1.807, 2.05) is 13.0 Å². The summed E-state index contributed by atoms with van der Waals surface area (Å²) in [7, 11) is 1.53. The number of carbonyl (C=O) groups is 2. The largest absolute Gasteiger partial charge is 0.496 e. The first-order valence-electron chi connectivity index (χ1n) is 10.0. The lowest BCUT2D eigenvalue weighted by atomic mass is 10.1. The molecule has 0 bridgehead atoms. The van der Waals surface area contributed by atoms with Crippen LogP contribution in [-0.4, -0.2) is 79.6 Å². The first-order valence-corrected chi connectivity index (χ1v) is 10.8. The number of anilines is 1. The predicted octanol–water partition coefficient (Wildman–Crippen LogP) is 2.26. The Balaban J connectivity index is 1.66. The SMILES string of the molecule is COc1ccccc1C(=O)N(CCCN1CCOCC1)CC(=O)Nc1ncc(C)s1. The van der Waals surface area contributed by atoms with Gasteiger partial charge in [0.2, 0.25) is 5.91 Å². The number of hydrogen-bond acceptors (Lipinski definition) is 7. The predicted molar refractivity (Wildman–Crippen MR) is 116 cm³/mol. The minimum absolute atomic E-state index is 0.0430. The van der Waals surface area contributed by atoms with Gasteiger partial charge in [0.15, 0.2) is 5.13 Å². The molecule has 1 saturated heterocycles. The molecular weight excluding hydrogens is 404 g/mol. The van der Waals surface area contributed by atoms with Crippen molar-refractivity contribution in [2.45, 2.75) is 13.3 Å². The molecular formula is C21H28N4O4S. The molecule has 0 spiro atoms. The number of methoxy groups -OCH3 is 1. The van der Waals surface area contributed by atoms with Crippen LogP contribution in [-0.2, 0) is 9.53 Å². The summed E-state index contributed by atoms with van der Waals surface area (Å²) < 4.78 is 10.7. The van der Waals surface area contributed by atoms with E-state index in [9.17, 15) is 9.59 Å². The standard InChI is InChI=1S/C21H28N4O4S/c1-16-14-22-21(30-16)23-19(26)15-25(9-5-8-24-10-12-29-13-11-24)20(27)17-6-3-4-7-18(17)28-2/h3-4,6-7,14H,5,8-13,15H2,1-2H3,(H,22,23,26). The zero-order valence-corrected chi connectivity index (χ0v) is 18.2. The van der Waals surface area contributed by atoms with Crippen LogP contribution in [0.1, 0.15) is 21.7 Å². The zero-order valence-electron chi connectivity index (χ0n) is 17.4. The van der Waals surface area contributed by atoms with Crippen molar-refractivity contribution in [3.63, 3.8) is 0 Å². The van der Waals surface area contributed by atoms with Gasteiger partial charge in [0, 0.05) is 37.3 Å². The van der Waals surface area contributed by atoms with E-state index in [1.54, 1.807) is 29.3 Å². The van der Waals surface area contributed by atoms with Crippen LogP contribution < -0.4 is 10.1 Å². The molecule has 0 saturated carbocycles. The van der Waals surface area contributed by atoms with Crippen LogP contribution in [0.5, 0.6) is 5.75 Å². The van der Waals surface area contributed by atoms with Crippen molar-refractivity contribution in [1.29, 1.82) is 0 Å². The summed E-state index contributed by atoms with van der Waals surface area (Å²) in [6.07, 6.45) is 2.48. The Kier molecular flexibility index (Phi) is 8.18. The summed E-state index contributed by atoms with van der Waals surface area (Å²) >= 11 is 1.41. The molecule has 1 aliphatic rings. The Morgan fingerprint density at radius 2 is 2.07 bits per heavy atom. The number of thiazole rings is 1. The maximum Gasteiger partial charge on any atom is 0.258 e. The number of aryl methyl sites for hydroxylation is 1. The molecule has 1 aromatic carbocycles. The number of nitrogens with zero attached hydrogens (tertiary/aromatic N) is 3. The monoisotopic (exact) mass is 432 g/mol. The van der Waals surface area contributed by atoms with E-state index in [4.69, 9.17) is 9.47 Å². The quantitative estimate of drug-likeness (QED) is 0.654. The van der Waals surface area contributed by atoms with Gasteiger partial charge in [-0.2, -0.15) is 0 Å². The van der Waals surface area contributed by atoms with Crippen LogP contribution in [0.3, 0.4) is 0 Å². The molecule has 2 heterocycles. The summed E-state index contributed by atoms with van der Waals surface area (Å²) in [6, 6.07) is 7.08. The molecule has 2 amide bonds. The molecule has 162 valence electrons. The Labute approximate surface area is 180 Å². The highest BCUT2D eigenvalue weighted by Gasteiger charge is 2.22. The van der Waals surface area contributed by atoms with Crippen LogP contribution in [0.2, 0.25) is 0 Å². The van der Waals surface area contributed by atoms with Gasteiger partial charge >= 0.3 is 0 Å². The number of amides is 2. The maximum atomic E-state index is 13.2. The van der Waals surface area contributed by atoms with Crippen molar-refractivity contribution in [3.05, 3.63) is 40.9 Å². The number of benzene rings is 1. The minimum atomic E-state index is -0.265. The summed E-state index contributed by atoms with van der Waals surface area (Å²) in [4.78, 5) is 34.9. The molecule has 8 nitrogen and oxygen atoms in total. The Bertz CT molecular complexity index is 851. The Morgan fingerprint density at radius 1 is 1.30 bits per heavy atom. The third kappa shape index (κ3) is 6.25. The second-order valence-electron chi connectivity index (χ2n) is 7.06. The number of aromatic nitrogens is 1. The molecule has 1 aliphatic heterocycles. The Hall–Kier alpha value is -2.49. The van der Waals surface area contributed by atoms with Gasteiger partial charge in [-0.25, -0.2) is 4.98 Å². The lowest BCUT2D eigenvalue weighted by Crippen LogP contribution is -2.41. The summed E-state index contributed by atoms with van der Waals surface area (Å²) in [5, 5.41) is 3.32. The molecule has 1 aromatic heterocycles. The molecule has 3 rings (SSSR count). The number of nitrogens with one attached hydrogen (secondary N) is 1. The lowest BCUT2D eigenvalue weighted by Gasteiger charge is -2.28. The first-order chi connectivity index (χ1) is 14.6. The smallest absolute Gasteiger partial charge is 0.258 e. The van der Waals surface area contributed by atoms with Gasteiger partial charge in [0.1, 0.15) is 12.3 Å². The third-order valence-corrected chi connectivity index (χ3v) is 5.66. The molecule has 0 radical (unpaired) electrons. The van der Waals surface area contributed by atoms with Gasteiger partial charge in [-0.15, -0.1) is 11.3 Å². The summed E-state index contributed by atoms with van der Waals surface area (Å²) in [5.41, 5.74) is 0.448. The number of morpholine rings is 1. The number of para-hydroxylation sites is 1. The number of hydrogen-bond donors (Lipinski definition) is 1. The number of rotatable bonds is 9. The number of ether oxygens (including phenoxy) is 2. The van der Waals surface area contributed by atoms with Crippen LogP contribution >= 0.6 is 11.3 Å². The molecule has 1 N–H and O–H groups in total. The summed E-state index contributed by atoms with van der Waals surface area (Å²) in [5.74, 6) is 0.00972. The highest BCUT2D eigenvalue weighted by Crippen LogP contribution is 2.20. The van der Waals surface area contributed by atoms with E-state index in [-0.39, 0.29) is 18.4 Å². The Morgan fingerprint density at radius 3 is 2.77 bits per heavy atom. The van der Waals surface area contributed by atoms with Gasteiger partial charge in [0.25, 0.3) is 5.91 Å². The van der Waals surface area contributed by atoms with Crippen molar-refractivity contribution in [3.8, 4) is 5.75 Å². The van der Waals surface area contributed by atoms with Gasteiger partial charge in [-0.05, 0) is 25.5 Å². The second-order valence-corrected chi connectivity index (χ2v) is 8.29. The van der Waals surface area contributed by atoms with Crippen LogP contribution in [0.4, 0.5) is 5.13 Å². The molecule has 2 aromatic rings. The van der Waals surface area contributed by atoms with E-state index in [1.165, 1.54) is 18.4 Å². The number of carbonyl (C=O) groups excluding carboxylic acids is 2. The van der Waals surface area contributed by atoms with Gasteiger partial charge < -0.3 is 19.7 Å². The summed E-state index contributed by atoms with van der Waals surface area (Å²) in [6.45, 7) is 6.47. The van der Waals surface area contributed by atoms with Crippen LogP contribution in [0.15, 0.2) is 30.5 Å². The first kappa shape index (κ1) is 22.2. The fraction of sp³-hybridized carbons (Fsp3) is 0.476. The van der Waals surface area contributed by atoms with Crippen molar-refractivity contribution in [2.24, 2.45) is 0 Å². The van der Waals surface area contributed by atoms with Crippen molar-refractivity contribution >= 4 is 28.3 Å². The second kappa shape index (κ2) is 11.1. The minimum Gasteiger partial charge on any atom is -0.496 e. The fourth-order valence-electron chi connectivity index (χ4n) is 3.30. The average molecular weight is 433 g/mol. The topological polar surface area (TPSA) is 84.0 Å². The van der Waals surface area contributed by atoms with E-state index in [2.05, 4.69) is 15.2 Å². The highest BCUT2D eigenvalue weighted by molar-refractivity contribution is 7.15. The highest BCUT2D eigenvalue weighted by atomic mass is 32.1. The van der Waals surface area contributed by atoms with E-state index in [0.717, 1.165) is 44.1 Å². The van der Waals surface area contributed by atoms with Crippen molar-refractivity contribution in [1.82, 2.24) is 14.8 Å². The van der Waals surface area contributed by atoms with Crippen molar-refractivity contribution in [2.75, 3.05) is 58.4 Å². The average Bonchev–Trinajstić information content (AvgIpc) is 3.17. The third-order valence-electron chi connectivity index (χ3n) is 4.83. The zero-order chi connectivity index (χ0) is 21.3. The molecule has 9 heteroatoms. The molecule has 0 atom stereocenters. The van der Waals surface area contributed by atoms with Crippen molar-refractivity contribution < 1.29 is 19.1 Å². The van der Waals surface area contributed by atoms with Gasteiger partial charge in [0.05, 0.1) is 25.9 Å². The van der Waals surface area contributed by atoms with E-state index in [0.29, 0.717) is 23.0 Å². The maximum absolute atomic E-state index is 13.2. The fourth-order valence-corrected chi connectivity index (χ4v) is 3.98. The lowest BCUT2D eigenvalue weighted by molar-refractivity contribution is -0.116. The van der Waals surface area contributed by atoms with Gasteiger partial charge in [-0.1, -0.05) is 12.1 Å². The van der Waals surface area contributed by atoms with Gasteiger partial charge in [-0.3, -0.25) is 14.5 Å². The van der Waals surface area contributed by atoms with Crippen LogP contribution in [0.25, 0.3) is 0 Å². The van der Waals surface area contributed by atoms with E-state index < -0.39 is 0 Å². The molecule has 0 unspecified atom stereocenters. The molecule has 0 aliphatic carbocycles. The molecule has 1 fully saturated rings. The normalized spacial score (nSPS) is 14.3. The van der Waals surface area contributed by atoms with E-state index >= 15 is 0 Å². The van der Waals surface area contributed by atoms with Crippen LogP contribution in [0, 0.1) is 6.92 Å². The molecule has 30 heavy (non-hydrogen) atoms.